The summed E-state index contributed by atoms with van der Waals surface area (Å²) in [6, 6.07) is 11.8. The topological polar surface area (TPSA) is 49.2 Å². The van der Waals surface area contributed by atoms with Crippen molar-refractivity contribution in [1.29, 1.82) is 0 Å². The molecule has 140 valence electrons. The van der Waals surface area contributed by atoms with E-state index >= 15 is 0 Å². The Morgan fingerprint density at radius 1 is 1.04 bits per heavy atom. The van der Waals surface area contributed by atoms with Crippen LogP contribution in [-0.4, -0.2) is 27.9 Å². The monoisotopic (exact) mass is 365 g/mol. The molecule has 2 heterocycles. The van der Waals surface area contributed by atoms with E-state index in [2.05, 4.69) is 10.2 Å². The van der Waals surface area contributed by atoms with Gasteiger partial charge in [0.1, 0.15) is 0 Å². The molecule has 2 unspecified atom stereocenters. The summed E-state index contributed by atoms with van der Waals surface area (Å²) in [5.74, 6) is 0.435. The van der Waals surface area contributed by atoms with Crippen molar-refractivity contribution in [3.05, 3.63) is 53.7 Å². The van der Waals surface area contributed by atoms with Crippen molar-refractivity contribution in [2.24, 2.45) is 0 Å². The Morgan fingerprint density at radius 2 is 1.81 bits per heavy atom. The number of benzene rings is 1. The second-order valence-corrected chi connectivity index (χ2v) is 6.63. The standard InChI is InChI=1S/C19H22F3N3O/c20-19(21,22)17-10-11-18(24-23-17)25-12-6-2-5-9-15(25)13-16(26)14-7-3-1-4-8-14/h1,3-4,7-8,10-11,15-16,26H,2,5-6,9,12-13H2. The minimum Gasteiger partial charge on any atom is -0.388 e. The highest BCUT2D eigenvalue weighted by Crippen LogP contribution is 2.31. The molecule has 26 heavy (non-hydrogen) atoms. The van der Waals surface area contributed by atoms with Crippen LogP contribution in [0.5, 0.6) is 0 Å². The highest BCUT2D eigenvalue weighted by atomic mass is 19.4. The fourth-order valence-corrected chi connectivity index (χ4v) is 3.42. The van der Waals surface area contributed by atoms with Crippen molar-refractivity contribution in [2.75, 3.05) is 11.4 Å². The zero-order valence-corrected chi connectivity index (χ0v) is 14.4. The molecule has 1 fully saturated rings. The van der Waals surface area contributed by atoms with Gasteiger partial charge in [-0.15, -0.1) is 10.2 Å². The predicted molar refractivity (Wildman–Crippen MR) is 92.7 cm³/mol. The van der Waals surface area contributed by atoms with Gasteiger partial charge in [-0.3, -0.25) is 0 Å². The van der Waals surface area contributed by atoms with Crippen molar-refractivity contribution in [2.45, 2.75) is 50.4 Å². The van der Waals surface area contributed by atoms with Crippen molar-refractivity contribution in [3.8, 4) is 0 Å². The first-order valence-electron chi connectivity index (χ1n) is 8.86. The second kappa shape index (κ2) is 8.03. The third kappa shape index (κ3) is 4.52. The molecule has 0 spiro atoms. The number of anilines is 1. The number of nitrogens with zero attached hydrogens (tertiary/aromatic N) is 3. The highest BCUT2D eigenvalue weighted by molar-refractivity contribution is 5.39. The van der Waals surface area contributed by atoms with Gasteiger partial charge in [-0.1, -0.05) is 43.2 Å². The lowest BCUT2D eigenvalue weighted by Gasteiger charge is -2.32. The molecule has 4 nitrogen and oxygen atoms in total. The first-order valence-corrected chi connectivity index (χ1v) is 8.86. The fourth-order valence-electron chi connectivity index (χ4n) is 3.42. The summed E-state index contributed by atoms with van der Waals surface area (Å²) < 4.78 is 38.1. The maximum Gasteiger partial charge on any atom is 0.435 e. The van der Waals surface area contributed by atoms with Crippen LogP contribution in [-0.2, 0) is 6.18 Å². The van der Waals surface area contributed by atoms with Gasteiger partial charge < -0.3 is 10.0 Å². The van der Waals surface area contributed by atoms with Crippen LogP contribution >= 0.6 is 0 Å². The first kappa shape index (κ1) is 18.6. The minimum absolute atomic E-state index is 0.0127. The summed E-state index contributed by atoms with van der Waals surface area (Å²) in [4.78, 5) is 1.99. The van der Waals surface area contributed by atoms with E-state index in [4.69, 9.17) is 0 Å². The number of halogens is 3. The van der Waals surface area contributed by atoms with E-state index in [0.29, 0.717) is 18.8 Å². The second-order valence-electron chi connectivity index (χ2n) is 6.63. The van der Waals surface area contributed by atoms with Crippen LogP contribution in [0.2, 0.25) is 0 Å². The van der Waals surface area contributed by atoms with Crippen LogP contribution in [0.1, 0.15) is 49.5 Å². The number of aromatic nitrogens is 2. The number of alkyl halides is 3. The van der Waals surface area contributed by atoms with Gasteiger partial charge in [0.05, 0.1) is 6.10 Å². The van der Waals surface area contributed by atoms with E-state index in [1.807, 2.05) is 35.2 Å². The smallest absolute Gasteiger partial charge is 0.388 e. The number of aliphatic hydroxyl groups excluding tert-OH is 1. The van der Waals surface area contributed by atoms with Crippen LogP contribution in [0.15, 0.2) is 42.5 Å². The molecule has 1 N–H and O–H groups in total. The molecule has 3 rings (SSSR count). The Labute approximate surface area is 150 Å². The zero-order valence-electron chi connectivity index (χ0n) is 14.4. The quantitative estimate of drug-likeness (QED) is 0.874. The van der Waals surface area contributed by atoms with Crippen LogP contribution in [0.3, 0.4) is 0 Å². The molecule has 0 saturated carbocycles. The first-order chi connectivity index (χ1) is 12.4. The van der Waals surface area contributed by atoms with Gasteiger partial charge in [-0.05, 0) is 37.0 Å². The highest BCUT2D eigenvalue weighted by Gasteiger charge is 2.33. The van der Waals surface area contributed by atoms with Crippen LogP contribution in [0.4, 0.5) is 19.0 Å². The summed E-state index contributed by atoms with van der Waals surface area (Å²) in [6.07, 6.45) is -0.712. The van der Waals surface area contributed by atoms with Gasteiger partial charge in [0, 0.05) is 12.6 Å². The molecule has 1 aromatic carbocycles. The summed E-state index contributed by atoms with van der Waals surface area (Å²) in [6.45, 7) is 0.701. The van der Waals surface area contributed by atoms with Gasteiger partial charge in [0.2, 0.25) is 0 Å². The Hall–Kier alpha value is -2.15. The molecule has 7 heteroatoms. The molecular formula is C19H22F3N3O. The Balaban J connectivity index is 1.78. The SMILES string of the molecule is OC(CC1CCCCCN1c1ccc(C(F)(F)F)nn1)c1ccccc1. The molecule has 0 bridgehead atoms. The average molecular weight is 365 g/mol. The van der Waals surface area contributed by atoms with E-state index < -0.39 is 18.0 Å². The van der Waals surface area contributed by atoms with E-state index in [9.17, 15) is 18.3 Å². The molecule has 2 atom stereocenters. The normalized spacial score (nSPS) is 19.8. The predicted octanol–water partition coefficient (Wildman–Crippen LogP) is 4.37. The van der Waals surface area contributed by atoms with Gasteiger partial charge in [-0.25, -0.2) is 0 Å². The molecule has 0 amide bonds. The van der Waals surface area contributed by atoms with E-state index in [1.54, 1.807) is 0 Å². The van der Waals surface area contributed by atoms with Gasteiger partial charge in [-0.2, -0.15) is 13.2 Å². The van der Waals surface area contributed by atoms with Crippen LogP contribution < -0.4 is 4.90 Å². The van der Waals surface area contributed by atoms with Gasteiger partial charge >= 0.3 is 6.18 Å². The number of aliphatic hydroxyl groups is 1. The summed E-state index contributed by atoms with van der Waals surface area (Å²) in [7, 11) is 0. The van der Waals surface area contributed by atoms with Crippen molar-refractivity contribution in [3.63, 3.8) is 0 Å². The maximum absolute atomic E-state index is 12.7. The minimum atomic E-state index is -4.49. The fraction of sp³-hybridized carbons (Fsp3) is 0.474. The van der Waals surface area contributed by atoms with Crippen molar-refractivity contribution < 1.29 is 18.3 Å². The molecular weight excluding hydrogens is 343 g/mol. The Morgan fingerprint density at radius 3 is 2.46 bits per heavy atom. The third-order valence-corrected chi connectivity index (χ3v) is 4.79. The van der Waals surface area contributed by atoms with E-state index in [-0.39, 0.29) is 6.04 Å². The lowest BCUT2D eigenvalue weighted by Crippen LogP contribution is -2.37. The largest absolute Gasteiger partial charge is 0.435 e. The molecule has 1 aliphatic heterocycles. The third-order valence-electron chi connectivity index (χ3n) is 4.79. The lowest BCUT2D eigenvalue weighted by atomic mass is 9.98. The molecule has 2 aromatic rings. The van der Waals surface area contributed by atoms with Gasteiger partial charge in [0.25, 0.3) is 0 Å². The van der Waals surface area contributed by atoms with Crippen molar-refractivity contribution in [1.82, 2.24) is 10.2 Å². The Bertz CT molecular complexity index is 691. The summed E-state index contributed by atoms with van der Waals surface area (Å²) in [5.41, 5.74) is -0.146. The van der Waals surface area contributed by atoms with Crippen molar-refractivity contribution >= 4 is 5.82 Å². The lowest BCUT2D eigenvalue weighted by molar-refractivity contribution is -0.141. The number of rotatable bonds is 4. The Kier molecular flexibility index (Phi) is 5.76. The van der Waals surface area contributed by atoms with Crippen LogP contribution in [0, 0.1) is 0 Å². The molecule has 1 aromatic heterocycles. The average Bonchev–Trinajstić information content (AvgIpc) is 2.87. The van der Waals surface area contributed by atoms with E-state index in [1.165, 1.54) is 6.07 Å². The zero-order chi connectivity index (χ0) is 18.6. The molecule has 1 saturated heterocycles. The summed E-state index contributed by atoms with van der Waals surface area (Å²) in [5, 5.41) is 17.7. The number of hydrogen-bond donors (Lipinski definition) is 1. The van der Waals surface area contributed by atoms with Gasteiger partial charge in [0.15, 0.2) is 11.5 Å². The molecule has 1 aliphatic rings. The number of hydrogen-bond acceptors (Lipinski definition) is 4. The molecule has 0 aliphatic carbocycles. The van der Waals surface area contributed by atoms with Crippen LogP contribution in [0.25, 0.3) is 0 Å². The maximum atomic E-state index is 12.7. The molecule has 0 radical (unpaired) electrons. The summed E-state index contributed by atoms with van der Waals surface area (Å²) >= 11 is 0. The van der Waals surface area contributed by atoms with E-state index in [0.717, 1.165) is 37.3 Å².